The molecule has 0 unspecified atom stereocenters. The van der Waals surface area contributed by atoms with Gasteiger partial charge in [-0.15, -0.1) is 11.8 Å². The van der Waals surface area contributed by atoms with Gasteiger partial charge in [-0.25, -0.2) is 9.50 Å². The second-order valence-corrected chi connectivity index (χ2v) is 6.18. The number of carbonyl (C=O) groups excluding carboxylic acids is 1. The second-order valence-electron chi connectivity index (χ2n) is 5.14. The van der Waals surface area contributed by atoms with Crippen LogP contribution < -0.4 is 5.32 Å². The Labute approximate surface area is 136 Å². The van der Waals surface area contributed by atoms with Gasteiger partial charge in [-0.2, -0.15) is 5.10 Å². The fourth-order valence-corrected chi connectivity index (χ4v) is 2.99. The number of pyridine rings is 1. The third-order valence-electron chi connectivity index (χ3n) is 3.34. The molecule has 0 aliphatic carbocycles. The summed E-state index contributed by atoms with van der Waals surface area (Å²) < 4.78 is 1.47. The number of aromatic nitrogens is 3. The average Bonchev–Trinajstić information content (AvgIpc) is 2.99. The maximum Gasteiger partial charge on any atom is 0.322 e. The van der Waals surface area contributed by atoms with E-state index in [9.17, 15) is 14.7 Å². The van der Waals surface area contributed by atoms with E-state index < -0.39 is 18.4 Å². The van der Waals surface area contributed by atoms with Gasteiger partial charge in [0, 0.05) is 11.8 Å². The Morgan fingerprint density at radius 2 is 2.22 bits per heavy atom. The fourth-order valence-electron chi connectivity index (χ4n) is 1.85. The molecule has 2 rings (SSSR count). The highest BCUT2D eigenvalue weighted by atomic mass is 32.2. The van der Waals surface area contributed by atoms with Crippen LogP contribution in [0.2, 0.25) is 0 Å². The van der Waals surface area contributed by atoms with Crippen LogP contribution in [0.15, 0.2) is 17.4 Å². The Balaban J connectivity index is 2.34. The van der Waals surface area contributed by atoms with Crippen LogP contribution in [0.25, 0.3) is 5.65 Å². The number of aliphatic carboxylic acids is 1. The van der Waals surface area contributed by atoms with Crippen LogP contribution in [-0.2, 0) is 4.79 Å². The summed E-state index contributed by atoms with van der Waals surface area (Å²) in [6, 6.07) is 1.45. The van der Waals surface area contributed by atoms with Gasteiger partial charge in [-0.3, -0.25) is 9.59 Å². The van der Waals surface area contributed by atoms with Crippen LogP contribution >= 0.6 is 11.8 Å². The van der Waals surface area contributed by atoms with Gasteiger partial charge in [-0.1, -0.05) is 20.3 Å². The largest absolute Gasteiger partial charge is 0.507 e. The van der Waals surface area contributed by atoms with Crippen molar-refractivity contribution in [2.45, 2.75) is 25.3 Å². The molecule has 2 aromatic rings. The van der Waals surface area contributed by atoms with Crippen LogP contribution in [0.1, 0.15) is 30.6 Å². The van der Waals surface area contributed by atoms with Gasteiger partial charge < -0.3 is 15.5 Å². The summed E-state index contributed by atoms with van der Waals surface area (Å²) in [5.74, 6) is -0.785. The number of nitrogens with zero attached hydrogens (tertiary/aromatic N) is 3. The number of fused-ring (bicyclic) bond motifs is 1. The molecule has 9 heteroatoms. The number of thioether (sulfide) groups is 1. The summed E-state index contributed by atoms with van der Waals surface area (Å²) >= 11 is 1.51. The van der Waals surface area contributed by atoms with E-state index in [1.165, 1.54) is 28.7 Å². The van der Waals surface area contributed by atoms with Gasteiger partial charge in [0.1, 0.15) is 29.2 Å². The normalized spacial score (nSPS) is 12.3. The molecular weight excluding hydrogens is 320 g/mol. The zero-order chi connectivity index (χ0) is 17.0. The van der Waals surface area contributed by atoms with E-state index in [1.54, 1.807) is 0 Å². The smallest absolute Gasteiger partial charge is 0.322 e. The van der Waals surface area contributed by atoms with E-state index in [0.29, 0.717) is 10.9 Å². The van der Waals surface area contributed by atoms with E-state index in [1.807, 2.05) is 0 Å². The maximum absolute atomic E-state index is 12.1. The van der Waals surface area contributed by atoms with Gasteiger partial charge in [0.15, 0.2) is 5.65 Å². The molecule has 0 saturated carbocycles. The van der Waals surface area contributed by atoms with E-state index >= 15 is 0 Å². The molecule has 1 amide bonds. The molecular formula is C14H18N4O4S. The average molecular weight is 338 g/mol. The highest BCUT2D eigenvalue weighted by Crippen LogP contribution is 2.29. The monoisotopic (exact) mass is 338 g/mol. The van der Waals surface area contributed by atoms with Crippen molar-refractivity contribution in [3.05, 3.63) is 18.0 Å². The molecule has 0 bridgehead atoms. The van der Waals surface area contributed by atoms with Gasteiger partial charge in [-0.05, 0) is 5.92 Å². The molecule has 0 aliphatic heterocycles. The van der Waals surface area contributed by atoms with E-state index in [0.717, 1.165) is 12.2 Å². The minimum absolute atomic E-state index is 0.0864. The Morgan fingerprint density at radius 3 is 2.87 bits per heavy atom. The Morgan fingerprint density at radius 1 is 1.48 bits per heavy atom. The third-order valence-corrected chi connectivity index (χ3v) is 4.66. The number of rotatable bonds is 7. The molecule has 2 aromatic heterocycles. The first-order chi connectivity index (χ1) is 10.9. The number of aromatic hydroxyl groups is 1. The van der Waals surface area contributed by atoms with Crippen molar-refractivity contribution in [2.24, 2.45) is 5.92 Å². The molecule has 0 aliphatic rings. The summed E-state index contributed by atoms with van der Waals surface area (Å²) in [6.07, 6.45) is 2.32. The number of hydrogen-bond acceptors (Lipinski definition) is 6. The van der Waals surface area contributed by atoms with Gasteiger partial charge in [0.2, 0.25) is 0 Å². The molecule has 0 spiro atoms. The molecule has 23 heavy (non-hydrogen) atoms. The minimum atomic E-state index is -1.17. The summed E-state index contributed by atoms with van der Waals surface area (Å²) in [5, 5.41) is 25.8. The van der Waals surface area contributed by atoms with Crippen molar-refractivity contribution in [1.29, 1.82) is 0 Å². The number of carboxylic acids is 1. The molecule has 3 N–H and O–H groups in total. The number of carboxylic acid groups (broad SMARTS) is 1. The molecule has 124 valence electrons. The van der Waals surface area contributed by atoms with Crippen molar-refractivity contribution >= 4 is 29.3 Å². The molecule has 2 heterocycles. The highest BCUT2D eigenvalue weighted by Gasteiger charge is 2.21. The standard InChI is InChI=1S/C14H18N4O4S/c1-3-8(2)6-23-10-4-9(19)12(13-16-7-17-18(10)13)14(22)15-5-11(20)21/h4,7-8,19H,3,5-6H2,1-2H3,(H,15,22)(H,20,21)/t8-/m0/s1. The molecule has 0 fully saturated rings. The van der Waals surface area contributed by atoms with Gasteiger partial charge in [0.25, 0.3) is 5.91 Å². The van der Waals surface area contributed by atoms with Crippen molar-refractivity contribution in [1.82, 2.24) is 19.9 Å². The van der Waals surface area contributed by atoms with Crippen LogP contribution in [0.4, 0.5) is 0 Å². The van der Waals surface area contributed by atoms with Crippen LogP contribution in [0, 0.1) is 5.92 Å². The fraction of sp³-hybridized carbons (Fsp3) is 0.429. The molecule has 1 atom stereocenters. The van der Waals surface area contributed by atoms with Crippen molar-refractivity contribution < 1.29 is 19.8 Å². The zero-order valence-corrected chi connectivity index (χ0v) is 13.6. The lowest BCUT2D eigenvalue weighted by Gasteiger charge is -2.12. The quantitative estimate of drug-likeness (QED) is 0.653. The van der Waals surface area contributed by atoms with Gasteiger partial charge >= 0.3 is 5.97 Å². The van der Waals surface area contributed by atoms with E-state index in [4.69, 9.17) is 5.11 Å². The predicted octanol–water partition coefficient (Wildman–Crippen LogP) is 1.39. The lowest BCUT2D eigenvalue weighted by molar-refractivity contribution is -0.135. The molecule has 0 aromatic carbocycles. The zero-order valence-electron chi connectivity index (χ0n) is 12.8. The summed E-state index contributed by atoms with van der Waals surface area (Å²) in [6.45, 7) is 3.69. The Kier molecular flexibility index (Phi) is 5.43. The first-order valence-corrected chi connectivity index (χ1v) is 8.11. The first-order valence-electron chi connectivity index (χ1n) is 7.12. The number of amides is 1. The number of carbonyl (C=O) groups is 2. The Hall–Kier alpha value is -2.29. The second kappa shape index (κ2) is 7.32. The van der Waals surface area contributed by atoms with Crippen LogP contribution in [0.5, 0.6) is 5.75 Å². The topological polar surface area (TPSA) is 117 Å². The van der Waals surface area contributed by atoms with Gasteiger partial charge in [0.05, 0.1) is 0 Å². The van der Waals surface area contributed by atoms with Crippen molar-refractivity contribution in [2.75, 3.05) is 12.3 Å². The first kappa shape index (κ1) is 17.1. The predicted molar refractivity (Wildman–Crippen MR) is 84.8 cm³/mol. The van der Waals surface area contributed by atoms with Crippen LogP contribution in [0.3, 0.4) is 0 Å². The highest BCUT2D eigenvalue weighted by molar-refractivity contribution is 7.99. The van der Waals surface area contributed by atoms with Crippen molar-refractivity contribution in [3.63, 3.8) is 0 Å². The Bertz CT molecular complexity index is 731. The third kappa shape index (κ3) is 3.92. The summed E-state index contributed by atoms with van der Waals surface area (Å²) in [5.41, 5.74) is 0.108. The summed E-state index contributed by atoms with van der Waals surface area (Å²) in [4.78, 5) is 26.6. The van der Waals surface area contributed by atoms with E-state index in [2.05, 4.69) is 29.2 Å². The molecule has 8 nitrogen and oxygen atoms in total. The molecule has 0 saturated heterocycles. The maximum atomic E-state index is 12.1. The lowest BCUT2D eigenvalue weighted by atomic mass is 10.2. The lowest BCUT2D eigenvalue weighted by Crippen LogP contribution is -2.29. The van der Waals surface area contributed by atoms with Crippen LogP contribution in [-0.4, -0.2) is 49.0 Å². The minimum Gasteiger partial charge on any atom is -0.507 e. The summed E-state index contributed by atoms with van der Waals surface area (Å²) in [7, 11) is 0. The van der Waals surface area contributed by atoms with E-state index in [-0.39, 0.29) is 17.0 Å². The molecule has 0 radical (unpaired) electrons. The van der Waals surface area contributed by atoms with Crippen molar-refractivity contribution in [3.8, 4) is 5.75 Å². The number of nitrogens with one attached hydrogen (secondary N) is 1. The SMILES string of the molecule is CC[C@H](C)CSc1cc(O)c(C(=O)NCC(=O)O)c2ncnn12. The number of hydrogen-bond donors (Lipinski definition) is 3.